The van der Waals surface area contributed by atoms with E-state index >= 15 is 0 Å². The van der Waals surface area contributed by atoms with Crippen LogP contribution in [0.5, 0.6) is 0 Å². The van der Waals surface area contributed by atoms with Crippen molar-refractivity contribution in [2.24, 2.45) is 5.92 Å². The van der Waals surface area contributed by atoms with Gasteiger partial charge in [0.05, 0.1) is 5.69 Å². The minimum atomic E-state index is 0.581. The van der Waals surface area contributed by atoms with E-state index in [2.05, 4.69) is 31.1 Å². The van der Waals surface area contributed by atoms with Gasteiger partial charge in [-0.3, -0.25) is 0 Å². The molecule has 0 fully saturated rings. The summed E-state index contributed by atoms with van der Waals surface area (Å²) in [5.74, 6) is 1.33. The number of hydrogen-bond donors (Lipinski definition) is 1. The Morgan fingerprint density at radius 1 is 1.43 bits per heavy atom. The van der Waals surface area contributed by atoms with Gasteiger partial charge in [-0.05, 0) is 25.2 Å². The Morgan fingerprint density at radius 2 is 2.14 bits per heavy atom. The fourth-order valence-corrected chi connectivity index (χ4v) is 1.54. The largest absolute Gasteiger partial charge is 0.381 e. The number of aromatic nitrogens is 3. The average Bonchev–Trinajstić information content (AvgIpc) is 2.46. The maximum Gasteiger partial charge on any atom is 0.169 e. The van der Waals surface area contributed by atoms with Crippen LogP contribution in [0.1, 0.15) is 39.3 Å². The molecule has 14 heavy (non-hydrogen) atoms. The third kappa shape index (κ3) is 2.72. The Morgan fingerprint density at radius 3 is 2.71 bits per heavy atom. The number of nitrogen functional groups attached to an aromatic ring is 1. The molecular formula is C10H20N4. The number of nitrogens with two attached hydrogens (primary N) is 1. The minimum absolute atomic E-state index is 0.581. The number of hydrogen-bond acceptors (Lipinski definition) is 3. The molecule has 0 atom stereocenters. The van der Waals surface area contributed by atoms with Gasteiger partial charge in [0.2, 0.25) is 0 Å². The fraction of sp³-hybridized carbons (Fsp3) is 0.800. The van der Waals surface area contributed by atoms with Crippen LogP contribution in [0, 0.1) is 5.92 Å². The van der Waals surface area contributed by atoms with Crippen LogP contribution in [0.4, 0.5) is 5.82 Å². The highest BCUT2D eigenvalue weighted by atomic mass is 15.4. The lowest BCUT2D eigenvalue weighted by Gasteiger charge is -2.06. The Hall–Kier alpha value is -1.06. The average molecular weight is 196 g/mol. The molecule has 0 aliphatic heterocycles. The van der Waals surface area contributed by atoms with Crippen molar-refractivity contribution in [1.82, 2.24) is 15.0 Å². The molecule has 1 rings (SSSR count). The van der Waals surface area contributed by atoms with E-state index < -0.39 is 0 Å². The number of anilines is 1. The zero-order chi connectivity index (χ0) is 10.6. The van der Waals surface area contributed by atoms with Gasteiger partial charge in [-0.1, -0.05) is 26.0 Å². The summed E-state index contributed by atoms with van der Waals surface area (Å²) in [4.78, 5) is 0. The SMILES string of the molecule is CCc1c(N)nnn1CCCC(C)C. The highest BCUT2D eigenvalue weighted by Crippen LogP contribution is 2.10. The predicted octanol–water partition coefficient (Wildman–Crippen LogP) is 1.86. The first-order chi connectivity index (χ1) is 6.65. The molecule has 4 nitrogen and oxygen atoms in total. The van der Waals surface area contributed by atoms with Crippen molar-refractivity contribution >= 4 is 5.82 Å². The van der Waals surface area contributed by atoms with Gasteiger partial charge in [-0.25, -0.2) is 4.68 Å². The smallest absolute Gasteiger partial charge is 0.169 e. The van der Waals surface area contributed by atoms with Crippen molar-refractivity contribution < 1.29 is 0 Å². The summed E-state index contributed by atoms with van der Waals surface area (Å²) in [6, 6.07) is 0. The van der Waals surface area contributed by atoms with Gasteiger partial charge in [0, 0.05) is 6.54 Å². The van der Waals surface area contributed by atoms with E-state index in [1.165, 1.54) is 6.42 Å². The Labute approximate surface area is 85.5 Å². The van der Waals surface area contributed by atoms with E-state index in [4.69, 9.17) is 5.73 Å². The van der Waals surface area contributed by atoms with Crippen molar-refractivity contribution in [1.29, 1.82) is 0 Å². The van der Waals surface area contributed by atoms with E-state index in [1.54, 1.807) is 0 Å². The summed E-state index contributed by atoms with van der Waals surface area (Å²) < 4.78 is 1.93. The van der Waals surface area contributed by atoms with Crippen LogP contribution in [-0.4, -0.2) is 15.0 Å². The normalized spacial score (nSPS) is 11.1. The van der Waals surface area contributed by atoms with Crippen LogP contribution < -0.4 is 5.73 Å². The van der Waals surface area contributed by atoms with Gasteiger partial charge in [-0.2, -0.15) is 0 Å². The zero-order valence-corrected chi connectivity index (χ0v) is 9.32. The minimum Gasteiger partial charge on any atom is -0.381 e. The molecule has 0 bridgehead atoms. The Kier molecular flexibility index (Phi) is 3.92. The lowest BCUT2D eigenvalue weighted by Crippen LogP contribution is -2.06. The quantitative estimate of drug-likeness (QED) is 0.782. The van der Waals surface area contributed by atoms with Crippen molar-refractivity contribution in [2.45, 2.75) is 46.6 Å². The zero-order valence-electron chi connectivity index (χ0n) is 9.32. The maximum absolute atomic E-state index is 5.69. The van der Waals surface area contributed by atoms with Crippen LogP contribution in [0.25, 0.3) is 0 Å². The molecular weight excluding hydrogens is 176 g/mol. The maximum atomic E-state index is 5.69. The van der Waals surface area contributed by atoms with E-state index in [0.717, 1.165) is 31.0 Å². The summed E-state index contributed by atoms with van der Waals surface area (Å²) in [6.45, 7) is 7.48. The van der Waals surface area contributed by atoms with Crippen LogP contribution in [0.2, 0.25) is 0 Å². The third-order valence-electron chi connectivity index (χ3n) is 2.35. The molecule has 1 aromatic rings. The van der Waals surface area contributed by atoms with Gasteiger partial charge in [0.25, 0.3) is 0 Å². The van der Waals surface area contributed by atoms with Gasteiger partial charge in [0.15, 0.2) is 5.82 Å². The molecule has 2 N–H and O–H groups in total. The van der Waals surface area contributed by atoms with E-state index in [9.17, 15) is 0 Å². The van der Waals surface area contributed by atoms with Crippen molar-refractivity contribution in [3.8, 4) is 0 Å². The van der Waals surface area contributed by atoms with Crippen molar-refractivity contribution in [3.05, 3.63) is 5.69 Å². The molecule has 0 spiro atoms. The highest BCUT2D eigenvalue weighted by molar-refractivity contribution is 5.32. The number of aryl methyl sites for hydroxylation is 1. The van der Waals surface area contributed by atoms with Crippen LogP contribution >= 0.6 is 0 Å². The summed E-state index contributed by atoms with van der Waals surface area (Å²) >= 11 is 0. The van der Waals surface area contributed by atoms with Gasteiger partial charge < -0.3 is 5.73 Å². The first-order valence-corrected chi connectivity index (χ1v) is 5.33. The molecule has 0 amide bonds. The summed E-state index contributed by atoms with van der Waals surface area (Å²) in [5.41, 5.74) is 6.75. The molecule has 0 aliphatic rings. The highest BCUT2D eigenvalue weighted by Gasteiger charge is 2.07. The number of rotatable bonds is 5. The van der Waals surface area contributed by atoms with Gasteiger partial charge >= 0.3 is 0 Å². The lowest BCUT2D eigenvalue weighted by atomic mass is 10.1. The van der Waals surface area contributed by atoms with Crippen LogP contribution in [0.3, 0.4) is 0 Å². The first-order valence-electron chi connectivity index (χ1n) is 5.33. The lowest BCUT2D eigenvalue weighted by molar-refractivity contribution is 0.474. The van der Waals surface area contributed by atoms with Crippen LogP contribution in [-0.2, 0) is 13.0 Å². The van der Waals surface area contributed by atoms with Crippen molar-refractivity contribution in [3.63, 3.8) is 0 Å². The molecule has 4 heteroatoms. The molecule has 1 aromatic heterocycles. The van der Waals surface area contributed by atoms with Crippen molar-refractivity contribution in [2.75, 3.05) is 5.73 Å². The molecule has 0 radical (unpaired) electrons. The van der Waals surface area contributed by atoms with E-state index in [1.807, 2.05) is 4.68 Å². The second-order valence-electron chi connectivity index (χ2n) is 4.03. The Balaban J connectivity index is 2.50. The van der Waals surface area contributed by atoms with E-state index in [0.29, 0.717) is 5.82 Å². The second-order valence-corrected chi connectivity index (χ2v) is 4.03. The topological polar surface area (TPSA) is 56.7 Å². The predicted molar refractivity (Wildman–Crippen MR) is 57.9 cm³/mol. The Bertz CT molecular complexity index is 278. The molecule has 0 aromatic carbocycles. The molecule has 0 saturated carbocycles. The number of nitrogens with zero attached hydrogens (tertiary/aromatic N) is 3. The molecule has 0 unspecified atom stereocenters. The second kappa shape index (κ2) is 4.98. The summed E-state index contributed by atoms with van der Waals surface area (Å²) in [7, 11) is 0. The molecule has 0 saturated heterocycles. The van der Waals surface area contributed by atoms with E-state index in [-0.39, 0.29) is 0 Å². The van der Waals surface area contributed by atoms with Gasteiger partial charge in [0.1, 0.15) is 0 Å². The monoisotopic (exact) mass is 196 g/mol. The first kappa shape index (κ1) is 11.0. The summed E-state index contributed by atoms with van der Waals surface area (Å²) in [5, 5.41) is 7.90. The molecule has 1 heterocycles. The molecule has 80 valence electrons. The summed E-state index contributed by atoms with van der Waals surface area (Å²) in [6.07, 6.45) is 3.27. The van der Waals surface area contributed by atoms with Gasteiger partial charge in [-0.15, -0.1) is 5.10 Å². The standard InChI is InChI=1S/C10H20N4/c1-4-9-10(11)12-13-14(9)7-5-6-8(2)3/h8H,4-7,11H2,1-3H3. The van der Waals surface area contributed by atoms with Crippen LogP contribution in [0.15, 0.2) is 0 Å². The fourth-order valence-electron chi connectivity index (χ4n) is 1.54. The third-order valence-corrected chi connectivity index (χ3v) is 2.35. The molecule has 0 aliphatic carbocycles.